The number of piperazine rings is 1. The molecular weight excluding hydrogens is 665 g/mol. The molecule has 15 heteroatoms. The van der Waals surface area contributed by atoms with Crippen molar-refractivity contribution < 1.29 is 22.7 Å². The van der Waals surface area contributed by atoms with Gasteiger partial charge in [-0.1, -0.05) is 35.3 Å². The fourth-order valence-electron chi connectivity index (χ4n) is 6.00. The van der Waals surface area contributed by atoms with Gasteiger partial charge in [0.25, 0.3) is 5.91 Å². The Balaban J connectivity index is 1.14. The van der Waals surface area contributed by atoms with E-state index in [9.17, 15) is 18.0 Å². The summed E-state index contributed by atoms with van der Waals surface area (Å²) >= 11 is 13.2. The molecule has 2 saturated heterocycles. The number of sulfonamides is 1. The van der Waals surface area contributed by atoms with E-state index in [1.54, 1.807) is 40.1 Å². The first kappa shape index (κ1) is 32.8. The van der Waals surface area contributed by atoms with E-state index in [0.717, 1.165) is 11.3 Å². The zero-order chi connectivity index (χ0) is 33.3. The molecule has 6 rings (SSSR count). The van der Waals surface area contributed by atoms with Crippen molar-refractivity contribution in [3.8, 4) is 5.75 Å². The minimum Gasteiger partial charge on any atom is -0.485 e. The highest BCUT2D eigenvalue weighted by Crippen LogP contribution is 2.36. The largest absolute Gasteiger partial charge is 0.485 e. The van der Waals surface area contributed by atoms with Crippen molar-refractivity contribution in [2.45, 2.75) is 37.3 Å². The van der Waals surface area contributed by atoms with Crippen LogP contribution in [0.15, 0.2) is 70.9 Å². The van der Waals surface area contributed by atoms with Crippen LogP contribution in [-0.4, -0.2) is 88.7 Å². The highest BCUT2D eigenvalue weighted by atomic mass is 35.5. The average molecular weight is 699 g/mol. The summed E-state index contributed by atoms with van der Waals surface area (Å²) in [6, 6.07) is 12.5. The molecule has 0 radical (unpaired) electrons. The zero-order valence-electron chi connectivity index (χ0n) is 25.6. The van der Waals surface area contributed by atoms with Gasteiger partial charge < -0.3 is 24.8 Å². The maximum atomic E-state index is 14.0. The van der Waals surface area contributed by atoms with Gasteiger partial charge in [-0.15, -0.1) is 0 Å². The Morgan fingerprint density at radius 2 is 1.77 bits per heavy atom. The minimum atomic E-state index is -4.18. The highest BCUT2D eigenvalue weighted by molar-refractivity contribution is 7.89. The molecular formula is C32H33Cl2N7O5S. The van der Waals surface area contributed by atoms with Gasteiger partial charge in [0, 0.05) is 61.3 Å². The summed E-state index contributed by atoms with van der Waals surface area (Å²) in [5.74, 6) is 5.24. The molecule has 2 amide bonds. The van der Waals surface area contributed by atoms with Crippen molar-refractivity contribution in [1.82, 2.24) is 23.5 Å². The van der Waals surface area contributed by atoms with Crippen molar-refractivity contribution in [3.05, 3.63) is 93.4 Å². The third kappa shape index (κ3) is 6.53. The predicted molar refractivity (Wildman–Crippen MR) is 178 cm³/mol. The molecule has 246 valence electrons. The normalized spacial score (nSPS) is 17.6. The third-order valence-corrected chi connectivity index (χ3v) is 11.3. The van der Waals surface area contributed by atoms with Crippen LogP contribution in [0.5, 0.6) is 5.75 Å². The molecule has 2 aliphatic heterocycles. The van der Waals surface area contributed by atoms with E-state index in [-0.39, 0.29) is 39.9 Å². The number of halogens is 2. The number of carbonyl (C=O) groups excluding carboxylic acids is 2. The number of nitrogens with two attached hydrogens (primary N) is 1. The second-order valence-corrected chi connectivity index (χ2v) is 14.0. The van der Waals surface area contributed by atoms with Crippen LogP contribution in [0.3, 0.4) is 0 Å². The molecule has 12 nitrogen and oxygen atoms in total. The van der Waals surface area contributed by atoms with Crippen LogP contribution >= 0.6 is 23.2 Å². The van der Waals surface area contributed by atoms with Gasteiger partial charge in [-0.2, -0.15) is 9.41 Å². The molecule has 47 heavy (non-hydrogen) atoms. The number of rotatable bonds is 8. The fourth-order valence-corrected chi connectivity index (χ4v) is 8.52. The lowest BCUT2D eigenvalue weighted by molar-refractivity contribution is -0.136. The number of aromatic nitrogens is 2. The smallest absolute Gasteiger partial charge is 0.253 e. The summed E-state index contributed by atoms with van der Waals surface area (Å²) in [7, 11) is -4.18. The molecule has 2 aromatic carbocycles. The molecule has 2 aromatic heterocycles. The van der Waals surface area contributed by atoms with Crippen LogP contribution in [0.4, 0.5) is 0 Å². The first-order chi connectivity index (χ1) is 22.6. The monoisotopic (exact) mass is 697 g/mol. The van der Waals surface area contributed by atoms with Crippen molar-refractivity contribution in [2.75, 3.05) is 32.7 Å². The van der Waals surface area contributed by atoms with Gasteiger partial charge in [-0.05, 0) is 61.7 Å². The molecule has 2 fully saturated rings. The van der Waals surface area contributed by atoms with Crippen molar-refractivity contribution in [2.24, 2.45) is 10.9 Å². The lowest BCUT2D eigenvalue weighted by Crippen LogP contribution is -2.55. The lowest BCUT2D eigenvalue weighted by atomic mass is 10.1. The Morgan fingerprint density at radius 1 is 1.04 bits per heavy atom. The van der Waals surface area contributed by atoms with E-state index >= 15 is 0 Å². The molecule has 0 aliphatic carbocycles. The van der Waals surface area contributed by atoms with Crippen LogP contribution in [0, 0.1) is 6.92 Å². The molecule has 2 N–H and O–H groups in total. The number of amides is 2. The summed E-state index contributed by atoms with van der Waals surface area (Å²) < 4.78 is 37.2. The van der Waals surface area contributed by atoms with E-state index in [1.165, 1.54) is 22.7 Å². The number of imidazole rings is 1. The molecule has 0 spiro atoms. The number of hydrazone groups is 1. The van der Waals surface area contributed by atoms with Crippen LogP contribution in [0.25, 0.3) is 5.65 Å². The lowest BCUT2D eigenvalue weighted by Gasteiger charge is -2.37. The van der Waals surface area contributed by atoms with Gasteiger partial charge in [0.1, 0.15) is 17.5 Å². The number of pyridine rings is 1. The Labute approximate surface area is 282 Å². The maximum absolute atomic E-state index is 14.0. The van der Waals surface area contributed by atoms with E-state index in [2.05, 4.69) is 10.1 Å². The predicted octanol–water partition coefficient (Wildman–Crippen LogP) is 3.96. The number of aryl methyl sites for hydroxylation is 1. The summed E-state index contributed by atoms with van der Waals surface area (Å²) in [6.45, 7) is 3.19. The summed E-state index contributed by atoms with van der Waals surface area (Å²) in [5.41, 5.74) is 3.03. The maximum Gasteiger partial charge on any atom is 0.253 e. The van der Waals surface area contributed by atoms with Crippen LogP contribution < -0.4 is 10.6 Å². The van der Waals surface area contributed by atoms with Gasteiger partial charge >= 0.3 is 0 Å². The number of hydrogen-bond donors (Lipinski definition) is 1. The molecule has 0 bridgehead atoms. The number of fused-ring (bicyclic) bond motifs is 1. The number of ether oxygens (including phenoxy) is 1. The van der Waals surface area contributed by atoms with Crippen LogP contribution in [-0.2, 0) is 21.4 Å². The zero-order valence-corrected chi connectivity index (χ0v) is 27.9. The van der Waals surface area contributed by atoms with Crippen molar-refractivity contribution >= 4 is 56.9 Å². The Hall–Kier alpha value is -4.17. The van der Waals surface area contributed by atoms with Gasteiger partial charge in [-0.25, -0.2) is 13.4 Å². The molecule has 0 unspecified atom stereocenters. The summed E-state index contributed by atoms with van der Waals surface area (Å²) in [5, 5.41) is 3.68. The Morgan fingerprint density at radius 3 is 2.49 bits per heavy atom. The Bertz CT molecular complexity index is 1960. The standard InChI is InChI=1S/C32H33Cl2N7O5S/c1-21-19-40-12-3-5-27(30(40)37-21)46-20-24-25(33)10-11-28(29(24)34)47(44,45)41-13-2-4-26(41)32(43)39-16-14-38(15-17-39)31(42)23-8-6-22(7-9-23)18-36-35/h3,5-12,18-19,26H,2,4,13-17,20,35H2,1H3/t26-/m0/s1. The van der Waals surface area contributed by atoms with E-state index < -0.39 is 16.1 Å². The minimum absolute atomic E-state index is 0.0578. The molecule has 0 saturated carbocycles. The molecule has 4 heterocycles. The summed E-state index contributed by atoms with van der Waals surface area (Å²) in [6.07, 6.45) is 6.11. The molecule has 4 aromatic rings. The van der Waals surface area contributed by atoms with E-state index in [1.807, 2.05) is 29.8 Å². The molecule has 1 atom stereocenters. The average Bonchev–Trinajstić information content (AvgIpc) is 3.72. The van der Waals surface area contributed by atoms with E-state index in [4.69, 9.17) is 33.8 Å². The van der Waals surface area contributed by atoms with Crippen LogP contribution in [0.1, 0.15) is 40.0 Å². The van der Waals surface area contributed by atoms with Gasteiger partial charge in [-0.3, -0.25) is 9.59 Å². The number of benzene rings is 2. The topological polar surface area (TPSA) is 143 Å². The van der Waals surface area contributed by atoms with E-state index in [0.29, 0.717) is 61.5 Å². The number of nitrogens with zero attached hydrogens (tertiary/aromatic N) is 6. The first-order valence-corrected chi connectivity index (χ1v) is 17.3. The quantitative estimate of drug-likeness (QED) is 0.167. The Kier molecular flexibility index (Phi) is 9.42. The highest BCUT2D eigenvalue weighted by Gasteiger charge is 2.43. The van der Waals surface area contributed by atoms with Gasteiger partial charge in [0.2, 0.25) is 15.9 Å². The third-order valence-electron chi connectivity index (χ3n) is 8.43. The van der Waals surface area contributed by atoms with Gasteiger partial charge in [0.15, 0.2) is 11.4 Å². The fraction of sp³-hybridized carbons (Fsp3) is 0.312. The van der Waals surface area contributed by atoms with Crippen LogP contribution in [0.2, 0.25) is 10.0 Å². The van der Waals surface area contributed by atoms with Crippen molar-refractivity contribution in [1.29, 1.82) is 0 Å². The summed E-state index contributed by atoms with van der Waals surface area (Å²) in [4.78, 5) is 34.4. The second kappa shape index (κ2) is 13.5. The SMILES string of the molecule is Cc1cn2cccc(OCc3c(Cl)ccc(S(=O)(=O)N4CCC[C@H]4C(=O)N4CCN(C(=O)c5ccc(C=NN)cc5)CC4)c3Cl)c2n1. The first-order valence-electron chi connectivity index (χ1n) is 15.1. The van der Waals surface area contributed by atoms with Gasteiger partial charge in [0.05, 0.1) is 16.9 Å². The number of hydrogen-bond acceptors (Lipinski definition) is 8. The molecule has 2 aliphatic rings. The van der Waals surface area contributed by atoms with Crippen molar-refractivity contribution in [3.63, 3.8) is 0 Å². The second-order valence-electron chi connectivity index (χ2n) is 11.4. The number of carbonyl (C=O) groups is 2.